The van der Waals surface area contributed by atoms with Gasteiger partial charge in [0.1, 0.15) is 0 Å². The maximum atomic E-state index is 13.2. The molecule has 1 aliphatic heterocycles. The highest BCUT2D eigenvalue weighted by Crippen LogP contribution is 2.26. The van der Waals surface area contributed by atoms with Gasteiger partial charge < -0.3 is 0 Å². The molecule has 0 spiro atoms. The molecule has 3 aromatic rings. The zero-order chi connectivity index (χ0) is 18.6. The maximum absolute atomic E-state index is 13.2. The minimum absolute atomic E-state index is 0.0518. The SMILES string of the molecule is CSc1ncc(CN2CCCC(C(=O)c3cccc4ccccc34)C2)cn1. The normalized spacial score (nSPS) is 17.9. The van der Waals surface area contributed by atoms with Crippen LogP contribution in [0.5, 0.6) is 0 Å². The van der Waals surface area contributed by atoms with Crippen molar-refractivity contribution in [2.24, 2.45) is 5.92 Å². The molecule has 0 radical (unpaired) electrons. The quantitative estimate of drug-likeness (QED) is 0.373. The van der Waals surface area contributed by atoms with E-state index in [1.165, 1.54) is 0 Å². The highest BCUT2D eigenvalue weighted by Gasteiger charge is 2.27. The number of piperidine rings is 1. The number of carbonyl (C=O) groups is 1. The van der Waals surface area contributed by atoms with E-state index in [1.54, 1.807) is 11.8 Å². The van der Waals surface area contributed by atoms with Gasteiger partial charge in [-0.25, -0.2) is 9.97 Å². The smallest absolute Gasteiger partial charge is 0.187 e. The molecule has 1 unspecified atom stereocenters. The molecule has 1 atom stereocenters. The average Bonchev–Trinajstić information content (AvgIpc) is 2.73. The topological polar surface area (TPSA) is 46.1 Å². The van der Waals surface area contributed by atoms with Gasteiger partial charge in [0.05, 0.1) is 0 Å². The van der Waals surface area contributed by atoms with E-state index in [-0.39, 0.29) is 11.7 Å². The molecule has 4 rings (SSSR count). The third kappa shape index (κ3) is 4.04. The Kier molecular flexibility index (Phi) is 5.50. The average molecular weight is 378 g/mol. The summed E-state index contributed by atoms with van der Waals surface area (Å²) in [6, 6.07) is 14.2. The molecule has 1 aromatic heterocycles. The van der Waals surface area contributed by atoms with Crippen LogP contribution in [0.2, 0.25) is 0 Å². The van der Waals surface area contributed by atoms with E-state index in [0.717, 1.165) is 59.5 Å². The third-order valence-electron chi connectivity index (χ3n) is 5.20. The second-order valence-corrected chi connectivity index (χ2v) is 7.82. The minimum Gasteiger partial charge on any atom is -0.298 e. The Balaban J connectivity index is 1.49. The van der Waals surface area contributed by atoms with Crippen molar-refractivity contribution < 1.29 is 4.79 Å². The minimum atomic E-state index is 0.0518. The highest BCUT2D eigenvalue weighted by atomic mass is 32.2. The Morgan fingerprint density at radius 2 is 1.93 bits per heavy atom. The summed E-state index contributed by atoms with van der Waals surface area (Å²) in [5, 5.41) is 2.98. The summed E-state index contributed by atoms with van der Waals surface area (Å²) in [6.07, 6.45) is 7.78. The van der Waals surface area contributed by atoms with Crippen molar-refractivity contribution in [2.75, 3.05) is 19.3 Å². The van der Waals surface area contributed by atoms with E-state index in [2.05, 4.69) is 27.0 Å². The highest BCUT2D eigenvalue weighted by molar-refractivity contribution is 7.98. The first kappa shape index (κ1) is 18.1. The fourth-order valence-electron chi connectivity index (χ4n) is 3.86. The van der Waals surface area contributed by atoms with Crippen LogP contribution in [0.25, 0.3) is 10.8 Å². The van der Waals surface area contributed by atoms with Gasteiger partial charge in [-0.05, 0) is 36.4 Å². The summed E-state index contributed by atoms with van der Waals surface area (Å²) in [7, 11) is 0. The molecule has 5 heteroatoms. The van der Waals surface area contributed by atoms with Crippen molar-refractivity contribution in [1.29, 1.82) is 0 Å². The third-order valence-corrected chi connectivity index (χ3v) is 5.78. The largest absolute Gasteiger partial charge is 0.298 e. The van der Waals surface area contributed by atoms with Gasteiger partial charge in [-0.3, -0.25) is 9.69 Å². The fraction of sp³-hybridized carbons (Fsp3) is 0.318. The summed E-state index contributed by atoms with van der Waals surface area (Å²) in [4.78, 5) is 24.3. The molecular formula is C22H23N3OS. The van der Waals surface area contributed by atoms with Crippen LogP contribution in [0.15, 0.2) is 60.0 Å². The fourth-order valence-corrected chi connectivity index (χ4v) is 4.18. The van der Waals surface area contributed by atoms with E-state index in [4.69, 9.17) is 0 Å². The Bertz CT molecular complexity index is 936. The molecule has 0 N–H and O–H groups in total. The molecule has 0 amide bonds. The maximum Gasteiger partial charge on any atom is 0.187 e. The summed E-state index contributed by atoms with van der Waals surface area (Å²) in [5.74, 6) is 0.321. The van der Waals surface area contributed by atoms with Crippen molar-refractivity contribution in [3.8, 4) is 0 Å². The lowest BCUT2D eigenvalue weighted by molar-refractivity contribution is 0.0813. The van der Waals surface area contributed by atoms with Crippen molar-refractivity contribution in [3.05, 3.63) is 66.0 Å². The zero-order valence-electron chi connectivity index (χ0n) is 15.5. The molecule has 1 aliphatic rings. The first-order chi connectivity index (χ1) is 13.2. The van der Waals surface area contributed by atoms with Crippen molar-refractivity contribution in [3.63, 3.8) is 0 Å². The number of rotatable bonds is 5. The molecule has 2 heterocycles. The number of likely N-dealkylation sites (tertiary alicyclic amines) is 1. The van der Waals surface area contributed by atoms with Gasteiger partial charge in [0.15, 0.2) is 10.9 Å². The van der Waals surface area contributed by atoms with E-state index >= 15 is 0 Å². The summed E-state index contributed by atoms with van der Waals surface area (Å²) >= 11 is 1.55. The van der Waals surface area contributed by atoms with Crippen molar-refractivity contribution in [2.45, 2.75) is 24.5 Å². The van der Waals surface area contributed by atoms with Gasteiger partial charge in [-0.15, -0.1) is 0 Å². The summed E-state index contributed by atoms with van der Waals surface area (Å²) in [5.41, 5.74) is 1.96. The van der Waals surface area contributed by atoms with Crippen LogP contribution in [0.1, 0.15) is 28.8 Å². The van der Waals surface area contributed by atoms with Crippen molar-refractivity contribution in [1.82, 2.24) is 14.9 Å². The zero-order valence-corrected chi connectivity index (χ0v) is 16.3. The summed E-state index contributed by atoms with van der Waals surface area (Å²) < 4.78 is 0. The van der Waals surface area contributed by atoms with Gasteiger partial charge in [0, 0.05) is 42.5 Å². The lowest BCUT2D eigenvalue weighted by Crippen LogP contribution is -2.38. The number of fused-ring (bicyclic) bond motifs is 1. The Morgan fingerprint density at radius 1 is 1.15 bits per heavy atom. The van der Waals surface area contributed by atoms with Gasteiger partial charge >= 0.3 is 0 Å². The predicted molar refractivity (Wildman–Crippen MR) is 110 cm³/mol. The van der Waals surface area contributed by atoms with Crippen LogP contribution in [0, 0.1) is 5.92 Å². The number of Topliss-reactive ketones (excluding diaryl/α,β-unsaturated/α-hetero) is 1. The van der Waals surface area contributed by atoms with Gasteiger partial charge in [0.25, 0.3) is 0 Å². The first-order valence-electron chi connectivity index (χ1n) is 9.34. The Labute approximate surface area is 164 Å². The molecule has 1 saturated heterocycles. The van der Waals surface area contributed by atoms with Crippen LogP contribution in [-0.4, -0.2) is 40.0 Å². The number of aromatic nitrogens is 2. The summed E-state index contributed by atoms with van der Waals surface area (Å²) in [6.45, 7) is 2.61. The lowest BCUT2D eigenvalue weighted by atomic mass is 9.88. The van der Waals surface area contributed by atoms with Crippen molar-refractivity contribution >= 4 is 28.3 Å². The molecule has 0 aliphatic carbocycles. The standard InChI is InChI=1S/C22H23N3OS/c1-27-22-23-12-16(13-24-22)14-25-11-5-8-18(15-25)21(26)20-10-4-7-17-6-2-3-9-19(17)20/h2-4,6-7,9-10,12-13,18H,5,8,11,14-15H2,1H3. The molecule has 4 nitrogen and oxygen atoms in total. The molecule has 0 bridgehead atoms. The first-order valence-corrected chi connectivity index (χ1v) is 10.6. The Morgan fingerprint density at radius 3 is 2.74 bits per heavy atom. The Hall–Kier alpha value is -2.24. The van der Waals surface area contributed by atoms with Crippen LogP contribution in [0.3, 0.4) is 0 Å². The molecule has 27 heavy (non-hydrogen) atoms. The molecule has 138 valence electrons. The second kappa shape index (κ2) is 8.19. The van der Waals surface area contributed by atoms with Gasteiger partial charge in [0.2, 0.25) is 0 Å². The van der Waals surface area contributed by atoms with Gasteiger partial charge in [-0.1, -0.05) is 54.2 Å². The van der Waals surface area contributed by atoms with Gasteiger partial charge in [-0.2, -0.15) is 0 Å². The number of hydrogen-bond donors (Lipinski definition) is 0. The van der Waals surface area contributed by atoms with Crippen LogP contribution in [-0.2, 0) is 6.54 Å². The number of carbonyl (C=O) groups excluding carboxylic acids is 1. The predicted octanol–water partition coefficient (Wildman–Crippen LogP) is 4.45. The van der Waals surface area contributed by atoms with E-state index in [1.807, 2.05) is 49.0 Å². The number of thioether (sulfide) groups is 1. The number of ketones is 1. The number of hydrogen-bond acceptors (Lipinski definition) is 5. The molecular weight excluding hydrogens is 354 g/mol. The van der Waals surface area contributed by atoms with E-state index in [9.17, 15) is 4.79 Å². The molecule has 0 saturated carbocycles. The second-order valence-electron chi connectivity index (χ2n) is 7.04. The molecule has 2 aromatic carbocycles. The van der Waals surface area contributed by atoms with Crippen LogP contribution in [0.4, 0.5) is 0 Å². The molecule has 1 fully saturated rings. The number of benzene rings is 2. The van der Waals surface area contributed by atoms with Crippen LogP contribution < -0.4 is 0 Å². The lowest BCUT2D eigenvalue weighted by Gasteiger charge is -2.32. The monoisotopic (exact) mass is 377 g/mol. The van der Waals surface area contributed by atoms with E-state index in [0.29, 0.717) is 0 Å². The number of nitrogens with zero attached hydrogens (tertiary/aromatic N) is 3. The van der Waals surface area contributed by atoms with Crippen LogP contribution >= 0.6 is 11.8 Å². The van der Waals surface area contributed by atoms with E-state index < -0.39 is 0 Å².